The highest BCUT2D eigenvalue weighted by Gasteiger charge is 2.27. The van der Waals surface area contributed by atoms with Gasteiger partial charge in [0.05, 0.1) is 0 Å². The molecule has 0 aromatic rings. The molecular weight excluding hydrogens is 250 g/mol. The van der Waals surface area contributed by atoms with Gasteiger partial charge in [-0.25, -0.2) is 0 Å². The number of rotatable bonds is 4. The summed E-state index contributed by atoms with van der Waals surface area (Å²) in [5, 5.41) is 0. The topological polar surface area (TPSA) is 49.6 Å². The van der Waals surface area contributed by atoms with Crippen LogP contribution in [-0.2, 0) is 4.79 Å². The van der Waals surface area contributed by atoms with Crippen LogP contribution in [0.4, 0.5) is 0 Å². The third-order valence-corrected chi connectivity index (χ3v) is 5.17. The van der Waals surface area contributed by atoms with E-state index in [1.807, 2.05) is 0 Å². The van der Waals surface area contributed by atoms with Gasteiger partial charge in [0.1, 0.15) is 0 Å². The van der Waals surface area contributed by atoms with Gasteiger partial charge in [-0.05, 0) is 38.5 Å². The molecule has 0 aromatic heterocycles. The van der Waals surface area contributed by atoms with E-state index in [2.05, 4.69) is 23.6 Å². The Hall–Kier alpha value is -0.610. The standard InChI is InChI=1S/C16H31N3O/c1-3-13(2)18-7-9-19(10-8-18)16(20)12-14-5-4-6-15(17)11-14/h13-15H,3-12,17H2,1-2H3. The average Bonchev–Trinajstić information content (AvgIpc) is 2.46. The molecule has 2 N–H and O–H groups in total. The van der Waals surface area contributed by atoms with Crippen LogP contribution < -0.4 is 5.73 Å². The van der Waals surface area contributed by atoms with Gasteiger partial charge in [-0.2, -0.15) is 0 Å². The molecule has 2 fully saturated rings. The summed E-state index contributed by atoms with van der Waals surface area (Å²) in [6.45, 7) is 8.38. The van der Waals surface area contributed by atoms with Gasteiger partial charge in [0.25, 0.3) is 0 Å². The summed E-state index contributed by atoms with van der Waals surface area (Å²) in [7, 11) is 0. The maximum atomic E-state index is 12.4. The molecule has 2 aliphatic rings. The van der Waals surface area contributed by atoms with Crippen LogP contribution in [0.1, 0.15) is 52.4 Å². The van der Waals surface area contributed by atoms with Crippen LogP contribution in [0, 0.1) is 5.92 Å². The number of carbonyl (C=O) groups is 1. The molecular formula is C16H31N3O. The fourth-order valence-electron chi connectivity index (χ4n) is 3.56. The number of hydrogen-bond donors (Lipinski definition) is 1. The summed E-state index contributed by atoms with van der Waals surface area (Å²) in [4.78, 5) is 17.0. The van der Waals surface area contributed by atoms with Crippen LogP contribution in [0.3, 0.4) is 0 Å². The SMILES string of the molecule is CCC(C)N1CCN(C(=O)CC2CCCC(N)C2)CC1. The Labute approximate surface area is 123 Å². The summed E-state index contributed by atoms with van der Waals surface area (Å²) in [6.07, 6.45) is 6.47. The van der Waals surface area contributed by atoms with Crippen molar-refractivity contribution in [3.63, 3.8) is 0 Å². The molecule has 1 saturated heterocycles. The first-order valence-electron chi connectivity index (χ1n) is 8.37. The lowest BCUT2D eigenvalue weighted by Crippen LogP contribution is -2.51. The molecule has 116 valence electrons. The summed E-state index contributed by atoms with van der Waals surface area (Å²) in [6, 6.07) is 0.965. The lowest BCUT2D eigenvalue weighted by molar-refractivity contribution is -0.134. The van der Waals surface area contributed by atoms with E-state index >= 15 is 0 Å². The molecule has 20 heavy (non-hydrogen) atoms. The molecule has 1 aliphatic heterocycles. The van der Waals surface area contributed by atoms with E-state index in [0.717, 1.165) is 45.4 Å². The van der Waals surface area contributed by atoms with E-state index in [9.17, 15) is 4.79 Å². The van der Waals surface area contributed by atoms with Gasteiger partial charge in [0.15, 0.2) is 0 Å². The molecule has 1 saturated carbocycles. The summed E-state index contributed by atoms with van der Waals surface area (Å²) in [5.41, 5.74) is 6.01. The van der Waals surface area contributed by atoms with E-state index in [1.165, 1.54) is 19.3 Å². The third kappa shape index (κ3) is 4.19. The zero-order valence-electron chi connectivity index (χ0n) is 13.2. The van der Waals surface area contributed by atoms with Crippen LogP contribution in [-0.4, -0.2) is 54.0 Å². The Morgan fingerprint density at radius 1 is 1.25 bits per heavy atom. The molecule has 3 atom stereocenters. The number of hydrogen-bond acceptors (Lipinski definition) is 3. The number of carbonyl (C=O) groups excluding carboxylic acids is 1. The number of nitrogens with two attached hydrogens (primary N) is 1. The summed E-state index contributed by atoms with van der Waals surface area (Å²) < 4.78 is 0. The molecule has 3 unspecified atom stereocenters. The Bertz CT molecular complexity index is 313. The molecule has 2 rings (SSSR count). The lowest BCUT2D eigenvalue weighted by Gasteiger charge is -2.38. The number of piperazine rings is 1. The van der Waals surface area contributed by atoms with Gasteiger partial charge in [-0.15, -0.1) is 0 Å². The van der Waals surface area contributed by atoms with Crippen molar-refractivity contribution in [3.8, 4) is 0 Å². The average molecular weight is 281 g/mol. The predicted octanol–water partition coefficient (Wildman–Crippen LogP) is 1.84. The van der Waals surface area contributed by atoms with Crippen molar-refractivity contribution >= 4 is 5.91 Å². The minimum atomic E-state index is 0.323. The normalized spacial score (nSPS) is 30.2. The fourth-order valence-corrected chi connectivity index (χ4v) is 3.56. The van der Waals surface area contributed by atoms with Gasteiger partial charge >= 0.3 is 0 Å². The lowest BCUT2D eigenvalue weighted by atomic mass is 9.84. The summed E-state index contributed by atoms with van der Waals surface area (Å²) >= 11 is 0. The molecule has 4 nitrogen and oxygen atoms in total. The highest BCUT2D eigenvalue weighted by molar-refractivity contribution is 5.76. The Morgan fingerprint density at radius 3 is 2.55 bits per heavy atom. The maximum absolute atomic E-state index is 12.4. The van der Waals surface area contributed by atoms with Gasteiger partial charge in [-0.1, -0.05) is 13.3 Å². The van der Waals surface area contributed by atoms with E-state index < -0.39 is 0 Å². The third-order valence-electron chi connectivity index (χ3n) is 5.17. The van der Waals surface area contributed by atoms with Crippen LogP contribution in [0.15, 0.2) is 0 Å². The van der Waals surface area contributed by atoms with Crippen molar-refractivity contribution in [2.75, 3.05) is 26.2 Å². The fraction of sp³-hybridized carbons (Fsp3) is 0.938. The van der Waals surface area contributed by atoms with Crippen LogP contribution in [0.5, 0.6) is 0 Å². The van der Waals surface area contributed by atoms with Crippen LogP contribution in [0.25, 0.3) is 0 Å². The molecule has 0 radical (unpaired) electrons. The minimum absolute atomic E-state index is 0.323. The van der Waals surface area contributed by atoms with Crippen molar-refractivity contribution < 1.29 is 4.79 Å². The van der Waals surface area contributed by atoms with Crippen molar-refractivity contribution in [1.29, 1.82) is 0 Å². The van der Waals surface area contributed by atoms with Crippen molar-refractivity contribution in [2.45, 2.75) is 64.5 Å². The van der Waals surface area contributed by atoms with Gasteiger partial charge < -0.3 is 10.6 Å². The first kappa shape index (κ1) is 15.8. The zero-order valence-corrected chi connectivity index (χ0v) is 13.2. The van der Waals surface area contributed by atoms with Gasteiger partial charge in [0.2, 0.25) is 5.91 Å². The first-order valence-corrected chi connectivity index (χ1v) is 8.37. The monoisotopic (exact) mass is 281 g/mol. The maximum Gasteiger partial charge on any atom is 0.222 e. The van der Waals surface area contributed by atoms with Gasteiger partial charge in [0, 0.05) is 44.7 Å². The Morgan fingerprint density at radius 2 is 1.95 bits per heavy atom. The molecule has 1 heterocycles. The second kappa shape index (κ2) is 7.41. The van der Waals surface area contributed by atoms with Crippen molar-refractivity contribution in [2.24, 2.45) is 11.7 Å². The molecule has 0 aromatic carbocycles. The predicted molar refractivity (Wildman–Crippen MR) is 82.5 cm³/mol. The van der Waals surface area contributed by atoms with E-state index in [1.54, 1.807) is 0 Å². The van der Waals surface area contributed by atoms with E-state index in [4.69, 9.17) is 5.73 Å². The van der Waals surface area contributed by atoms with E-state index in [0.29, 0.717) is 23.9 Å². The largest absolute Gasteiger partial charge is 0.340 e. The molecule has 0 bridgehead atoms. The van der Waals surface area contributed by atoms with Gasteiger partial charge in [-0.3, -0.25) is 9.69 Å². The molecule has 4 heteroatoms. The second-order valence-electron chi connectivity index (χ2n) is 6.67. The molecule has 1 aliphatic carbocycles. The highest BCUT2D eigenvalue weighted by Crippen LogP contribution is 2.26. The number of nitrogens with zero attached hydrogens (tertiary/aromatic N) is 2. The van der Waals surface area contributed by atoms with Crippen LogP contribution in [0.2, 0.25) is 0 Å². The van der Waals surface area contributed by atoms with E-state index in [-0.39, 0.29) is 0 Å². The van der Waals surface area contributed by atoms with Crippen molar-refractivity contribution in [1.82, 2.24) is 9.80 Å². The quantitative estimate of drug-likeness (QED) is 0.855. The zero-order chi connectivity index (χ0) is 14.5. The smallest absolute Gasteiger partial charge is 0.222 e. The second-order valence-corrected chi connectivity index (χ2v) is 6.67. The van der Waals surface area contributed by atoms with Crippen molar-refractivity contribution in [3.05, 3.63) is 0 Å². The Balaban J connectivity index is 1.74. The van der Waals surface area contributed by atoms with Crippen LogP contribution >= 0.6 is 0 Å². The molecule has 0 spiro atoms. The Kier molecular flexibility index (Phi) is 5.85. The highest BCUT2D eigenvalue weighted by atomic mass is 16.2. The number of amides is 1. The molecule has 1 amide bonds. The summed E-state index contributed by atoms with van der Waals surface area (Å²) in [5.74, 6) is 0.881. The first-order chi connectivity index (χ1) is 9.60. The minimum Gasteiger partial charge on any atom is -0.340 e.